The van der Waals surface area contributed by atoms with E-state index in [4.69, 9.17) is 34.8 Å². The van der Waals surface area contributed by atoms with Crippen LogP contribution in [-0.2, 0) is 15.1 Å². The highest BCUT2D eigenvalue weighted by Crippen LogP contribution is 2.38. The molecule has 274 valence electrons. The first kappa shape index (κ1) is 38.9. The zero-order valence-corrected chi connectivity index (χ0v) is 27.6. The molecule has 5 N–H and O–H groups in total. The van der Waals surface area contributed by atoms with Crippen molar-refractivity contribution in [2.24, 2.45) is 0 Å². The van der Waals surface area contributed by atoms with Crippen LogP contribution in [0.3, 0.4) is 0 Å². The summed E-state index contributed by atoms with van der Waals surface area (Å²) >= 11 is 0. The first-order chi connectivity index (χ1) is 24.0. The van der Waals surface area contributed by atoms with Gasteiger partial charge in [-0.05, 0) is 25.6 Å². The lowest BCUT2D eigenvalue weighted by Gasteiger charge is -2.34. The average molecular weight is 722 g/mol. The van der Waals surface area contributed by atoms with E-state index in [9.17, 15) is 26.3 Å². The Labute approximate surface area is 289 Å². The predicted octanol–water partition coefficient (Wildman–Crippen LogP) is 0.501. The molecule has 0 unspecified atom stereocenters. The molecule has 0 bridgehead atoms. The van der Waals surface area contributed by atoms with Crippen molar-refractivity contribution in [2.45, 2.75) is 37.2 Å². The smallest absolute Gasteiger partial charge is 0.430 e. The third kappa shape index (κ3) is 10.3. The minimum absolute atomic E-state index is 0.0794. The van der Waals surface area contributed by atoms with Crippen molar-refractivity contribution in [3.05, 3.63) is 72.3 Å². The Morgan fingerprint density at radius 2 is 1.35 bits per heavy atom. The van der Waals surface area contributed by atoms with E-state index in [1.165, 1.54) is 18.5 Å². The molecule has 1 aliphatic heterocycles. The highest BCUT2D eigenvalue weighted by molar-refractivity contribution is 5.85. The number of anilines is 1. The largest absolute Gasteiger partial charge is 0.542 e. The number of rotatable bonds is 7. The van der Waals surface area contributed by atoms with Crippen molar-refractivity contribution in [3.8, 4) is 22.5 Å². The molecule has 6 rings (SSSR count). The van der Waals surface area contributed by atoms with Crippen molar-refractivity contribution < 1.29 is 56.8 Å². The molecule has 0 atom stereocenters. The summed E-state index contributed by atoms with van der Waals surface area (Å²) in [6.07, 6.45) is -6.79. The lowest BCUT2D eigenvalue weighted by atomic mass is 9.72. The quantitative estimate of drug-likeness (QED) is 0.231. The molecule has 4 aromatic rings. The second kappa shape index (κ2) is 16.4. The number of hydrogen-bond donors (Lipinski definition) is 3. The molecular formula is C34H37F6N7O4. The van der Waals surface area contributed by atoms with Crippen LogP contribution < -0.4 is 31.1 Å². The van der Waals surface area contributed by atoms with Gasteiger partial charge in [-0.2, -0.15) is 26.3 Å². The maximum absolute atomic E-state index is 10.5. The number of quaternary nitrogens is 2. The van der Waals surface area contributed by atoms with E-state index in [0.29, 0.717) is 5.65 Å². The summed E-state index contributed by atoms with van der Waals surface area (Å²) in [6, 6.07) is 23.3. The number of carboxylic acids is 2. The molecule has 1 saturated heterocycles. The lowest BCUT2D eigenvalue weighted by molar-refractivity contribution is -0.899. The third-order valence-corrected chi connectivity index (χ3v) is 8.63. The first-order valence-corrected chi connectivity index (χ1v) is 16.0. The normalized spacial score (nSPS) is 15.9. The molecule has 1 aliphatic carbocycles. The standard InChI is InChI=1S/C30H35N7.2C2HF3O2/c1-32-16-17-36-18-20-37(21-19-36)26-13-12-25-29(34-26)35-28(22-6-3-2-4-7-22)27(33-25)23-8-10-24(11-9-23)30(31)14-5-15-30;2*3-2(4,5)1(6)7/h2-4,6-13,32H,5,14-21,31H2,1H3;2*(H,6,7). The summed E-state index contributed by atoms with van der Waals surface area (Å²) in [5.41, 5.74) is 11.3. The van der Waals surface area contributed by atoms with Gasteiger partial charge in [0.25, 0.3) is 0 Å². The van der Waals surface area contributed by atoms with Gasteiger partial charge >= 0.3 is 12.4 Å². The number of halogens is 6. The molecular weight excluding hydrogens is 684 g/mol. The fourth-order valence-corrected chi connectivity index (χ4v) is 5.59. The minimum Gasteiger partial charge on any atom is -0.542 e. The molecule has 2 aliphatic rings. The van der Waals surface area contributed by atoms with Crippen LogP contribution in [0.2, 0.25) is 0 Å². The van der Waals surface area contributed by atoms with Gasteiger partial charge in [-0.3, -0.25) is 0 Å². The Morgan fingerprint density at radius 3 is 1.84 bits per heavy atom. The number of fused-ring (bicyclic) bond motifs is 1. The van der Waals surface area contributed by atoms with Gasteiger partial charge in [0, 0.05) is 36.1 Å². The highest BCUT2D eigenvalue weighted by Gasteiger charge is 2.38. The van der Waals surface area contributed by atoms with Gasteiger partial charge in [-0.1, -0.05) is 54.6 Å². The van der Waals surface area contributed by atoms with Gasteiger partial charge in [0.1, 0.15) is 28.8 Å². The average Bonchev–Trinajstić information content (AvgIpc) is 3.09. The van der Waals surface area contributed by atoms with Crippen molar-refractivity contribution in [1.82, 2.24) is 20.3 Å². The minimum atomic E-state index is -5.19. The molecule has 51 heavy (non-hydrogen) atoms. The topological polar surface area (TPSA) is 166 Å². The van der Waals surface area contributed by atoms with E-state index in [0.717, 1.165) is 79.4 Å². The fourth-order valence-electron chi connectivity index (χ4n) is 5.59. The number of piperazine rings is 1. The van der Waals surface area contributed by atoms with E-state index < -0.39 is 24.3 Å². The molecule has 0 spiro atoms. The molecule has 11 nitrogen and oxygen atoms in total. The SMILES string of the molecule is CNCC[NH+]1CCN(c2ccc3nc(-c4ccc(C5([NH3+])CCC5)cc4)c(-c4ccccc4)nc3n2)CC1.O=C([O-])C(F)(F)F.O=C([O-])C(F)(F)F. The number of carbonyl (C=O) groups excluding carboxylic acids is 2. The van der Waals surface area contributed by atoms with Gasteiger partial charge < -0.3 is 40.7 Å². The van der Waals surface area contributed by atoms with Gasteiger partial charge in [-0.25, -0.2) is 15.0 Å². The molecule has 0 amide bonds. The van der Waals surface area contributed by atoms with Crippen LogP contribution in [0.15, 0.2) is 66.7 Å². The lowest BCUT2D eigenvalue weighted by Crippen LogP contribution is -3.15. The maximum Gasteiger partial charge on any atom is 0.430 e. The van der Waals surface area contributed by atoms with Crippen LogP contribution in [0.25, 0.3) is 33.7 Å². The molecule has 0 radical (unpaired) electrons. The molecule has 17 heteroatoms. The van der Waals surface area contributed by atoms with Gasteiger partial charge in [-0.15, -0.1) is 0 Å². The van der Waals surface area contributed by atoms with Crippen LogP contribution in [0.4, 0.5) is 32.2 Å². The highest BCUT2D eigenvalue weighted by atomic mass is 19.4. The number of nitrogens with one attached hydrogen (secondary N) is 2. The van der Waals surface area contributed by atoms with Crippen LogP contribution in [-0.4, -0.2) is 85.6 Å². The second-order valence-electron chi connectivity index (χ2n) is 12.2. The predicted molar refractivity (Wildman–Crippen MR) is 170 cm³/mol. The number of pyridine rings is 1. The Bertz CT molecular complexity index is 1750. The van der Waals surface area contributed by atoms with E-state index in [2.05, 4.69) is 76.6 Å². The van der Waals surface area contributed by atoms with E-state index in [-0.39, 0.29) is 5.54 Å². The number of aliphatic carboxylic acids is 2. The fraction of sp³-hybridized carbons (Fsp3) is 0.382. The monoisotopic (exact) mass is 721 g/mol. The number of hydrogen-bond acceptors (Lipinski definition) is 9. The van der Waals surface area contributed by atoms with Crippen LogP contribution >= 0.6 is 0 Å². The Kier molecular flexibility index (Phi) is 12.5. The van der Waals surface area contributed by atoms with Gasteiger partial charge in [0.2, 0.25) is 0 Å². The van der Waals surface area contributed by atoms with E-state index >= 15 is 0 Å². The Morgan fingerprint density at radius 1 is 0.824 bits per heavy atom. The summed E-state index contributed by atoms with van der Waals surface area (Å²) in [6.45, 7) is 6.50. The van der Waals surface area contributed by atoms with Crippen molar-refractivity contribution in [1.29, 1.82) is 0 Å². The molecule has 2 aromatic carbocycles. The van der Waals surface area contributed by atoms with E-state index in [1.807, 2.05) is 13.1 Å². The van der Waals surface area contributed by atoms with Gasteiger partial charge in [0.05, 0.1) is 44.1 Å². The van der Waals surface area contributed by atoms with Crippen molar-refractivity contribution in [2.75, 3.05) is 51.2 Å². The maximum atomic E-state index is 10.5. The van der Waals surface area contributed by atoms with Crippen LogP contribution in [0.5, 0.6) is 0 Å². The number of aromatic nitrogens is 3. The van der Waals surface area contributed by atoms with Gasteiger partial charge in [0.15, 0.2) is 5.65 Å². The number of likely N-dealkylation sites (N-methyl/N-ethyl adjacent to an activating group) is 1. The third-order valence-electron chi connectivity index (χ3n) is 8.63. The summed E-state index contributed by atoms with van der Waals surface area (Å²) in [5.74, 6) is -5.02. The Hall–Kier alpha value is -4.87. The molecule has 1 saturated carbocycles. The number of benzene rings is 2. The zero-order valence-electron chi connectivity index (χ0n) is 27.6. The number of alkyl halides is 6. The Balaban J connectivity index is 0.000000353. The summed E-state index contributed by atoms with van der Waals surface area (Å²) in [7, 11) is 2.02. The molecule has 2 aromatic heterocycles. The summed E-state index contributed by atoms with van der Waals surface area (Å²) in [4.78, 5) is 36.8. The summed E-state index contributed by atoms with van der Waals surface area (Å²) in [5, 5.41) is 20.8. The van der Waals surface area contributed by atoms with Crippen molar-refractivity contribution in [3.63, 3.8) is 0 Å². The van der Waals surface area contributed by atoms with Crippen LogP contribution in [0, 0.1) is 0 Å². The number of carbonyl (C=O) groups is 2. The number of nitrogens with zero attached hydrogens (tertiary/aromatic N) is 4. The number of carboxylic acid groups (broad SMARTS) is 2. The zero-order chi connectivity index (χ0) is 37.4. The second-order valence-corrected chi connectivity index (χ2v) is 12.2. The van der Waals surface area contributed by atoms with Crippen LogP contribution in [0.1, 0.15) is 24.8 Å². The molecule has 3 heterocycles. The summed E-state index contributed by atoms with van der Waals surface area (Å²) < 4.78 is 63.1. The van der Waals surface area contributed by atoms with Crippen molar-refractivity contribution >= 4 is 28.9 Å². The molecule has 2 fully saturated rings. The first-order valence-electron chi connectivity index (χ1n) is 16.0. The van der Waals surface area contributed by atoms with E-state index in [1.54, 1.807) is 4.90 Å².